The van der Waals surface area contributed by atoms with Gasteiger partial charge >= 0.3 is 0 Å². The number of aryl methyl sites for hydroxylation is 2. The van der Waals surface area contributed by atoms with Crippen LogP contribution in [-0.2, 0) is 27.9 Å². The molecule has 25 heavy (non-hydrogen) atoms. The molecule has 136 valence electrons. The van der Waals surface area contributed by atoms with Crippen LogP contribution < -0.4 is 9.46 Å². The fraction of sp³-hybridized carbons (Fsp3) is 0.368. The predicted molar refractivity (Wildman–Crippen MR) is 98.3 cm³/mol. The molecule has 1 N–H and O–H groups in total. The molecule has 0 fully saturated rings. The first-order chi connectivity index (χ1) is 11.9. The van der Waals surface area contributed by atoms with E-state index in [-0.39, 0.29) is 11.4 Å². The van der Waals surface area contributed by atoms with Gasteiger partial charge in [-0.25, -0.2) is 13.1 Å². The van der Waals surface area contributed by atoms with Crippen molar-refractivity contribution < 1.29 is 17.9 Å². The third-order valence-electron chi connectivity index (χ3n) is 3.98. The standard InChI is InChI=1S/C19H25NO4S/c1-5-24-13-17-9-7-6-8-16(17)12-20-25(21,22)18-10-14(2)19(23-4)15(3)11-18/h6-11,20H,5,12-13H2,1-4H3. The second-order valence-corrected chi connectivity index (χ2v) is 7.59. The summed E-state index contributed by atoms with van der Waals surface area (Å²) in [5.74, 6) is 0.709. The Morgan fingerprint density at radius 3 is 2.20 bits per heavy atom. The molecule has 0 atom stereocenters. The van der Waals surface area contributed by atoms with Crippen molar-refractivity contribution >= 4 is 10.0 Å². The minimum atomic E-state index is -3.61. The number of hydrogen-bond acceptors (Lipinski definition) is 4. The molecule has 0 amide bonds. The van der Waals surface area contributed by atoms with E-state index in [4.69, 9.17) is 9.47 Å². The lowest BCUT2D eigenvalue weighted by Crippen LogP contribution is -2.24. The summed E-state index contributed by atoms with van der Waals surface area (Å²) in [5, 5.41) is 0. The summed E-state index contributed by atoms with van der Waals surface area (Å²) >= 11 is 0. The van der Waals surface area contributed by atoms with E-state index in [0.717, 1.165) is 22.3 Å². The van der Waals surface area contributed by atoms with Crippen LogP contribution >= 0.6 is 0 Å². The first-order valence-corrected chi connectivity index (χ1v) is 9.66. The maximum Gasteiger partial charge on any atom is 0.240 e. The number of rotatable bonds is 8. The van der Waals surface area contributed by atoms with E-state index in [1.807, 2.05) is 45.0 Å². The topological polar surface area (TPSA) is 64.6 Å². The van der Waals surface area contributed by atoms with Gasteiger partial charge in [0.15, 0.2) is 0 Å². The molecule has 0 aromatic heterocycles. The zero-order valence-electron chi connectivity index (χ0n) is 15.1. The Kier molecular flexibility index (Phi) is 6.58. The molecule has 0 spiro atoms. The maximum atomic E-state index is 12.7. The Morgan fingerprint density at radius 1 is 1.04 bits per heavy atom. The summed E-state index contributed by atoms with van der Waals surface area (Å²) in [5.41, 5.74) is 3.47. The van der Waals surface area contributed by atoms with Crippen molar-refractivity contribution in [1.29, 1.82) is 0 Å². The van der Waals surface area contributed by atoms with Gasteiger partial charge in [0.25, 0.3) is 0 Å². The van der Waals surface area contributed by atoms with Crippen molar-refractivity contribution in [3.05, 3.63) is 58.7 Å². The fourth-order valence-electron chi connectivity index (χ4n) is 2.73. The molecular formula is C19H25NO4S. The highest BCUT2D eigenvalue weighted by molar-refractivity contribution is 7.89. The first kappa shape index (κ1) is 19.4. The highest BCUT2D eigenvalue weighted by atomic mass is 32.2. The molecule has 0 saturated heterocycles. The molecule has 0 unspecified atom stereocenters. The van der Waals surface area contributed by atoms with Crippen LogP contribution in [0.5, 0.6) is 5.75 Å². The van der Waals surface area contributed by atoms with Crippen molar-refractivity contribution in [1.82, 2.24) is 4.72 Å². The van der Waals surface area contributed by atoms with Gasteiger partial charge in [0.05, 0.1) is 18.6 Å². The summed E-state index contributed by atoms with van der Waals surface area (Å²) in [6.45, 7) is 6.90. The van der Waals surface area contributed by atoms with Gasteiger partial charge in [0.2, 0.25) is 10.0 Å². The van der Waals surface area contributed by atoms with E-state index < -0.39 is 10.0 Å². The van der Waals surface area contributed by atoms with E-state index in [1.165, 1.54) is 0 Å². The van der Waals surface area contributed by atoms with E-state index in [0.29, 0.717) is 19.0 Å². The predicted octanol–water partition coefficient (Wildman–Crippen LogP) is 3.33. The molecule has 2 rings (SSSR count). The Bertz CT molecular complexity index is 808. The maximum absolute atomic E-state index is 12.7. The molecule has 0 aliphatic carbocycles. The molecule has 0 radical (unpaired) electrons. The largest absolute Gasteiger partial charge is 0.496 e. The minimum Gasteiger partial charge on any atom is -0.496 e. The van der Waals surface area contributed by atoms with Crippen LogP contribution in [-0.4, -0.2) is 22.1 Å². The first-order valence-electron chi connectivity index (χ1n) is 8.18. The smallest absolute Gasteiger partial charge is 0.240 e. The van der Waals surface area contributed by atoms with Gasteiger partial charge in [0, 0.05) is 13.2 Å². The molecule has 0 heterocycles. The molecule has 0 bridgehead atoms. The Hall–Kier alpha value is -1.89. The Balaban J connectivity index is 2.20. The number of methoxy groups -OCH3 is 1. The van der Waals surface area contributed by atoms with Gasteiger partial charge in [-0.05, 0) is 55.2 Å². The zero-order valence-corrected chi connectivity index (χ0v) is 15.9. The zero-order chi connectivity index (χ0) is 18.4. The van der Waals surface area contributed by atoms with Gasteiger partial charge in [-0.1, -0.05) is 24.3 Å². The minimum absolute atomic E-state index is 0.218. The molecular weight excluding hydrogens is 338 g/mol. The lowest BCUT2D eigenvalue weighted by atomic mass is 10.1. The fourth-order valence-corrected chi connectivity index (χ4v) is 3.90. The van der Waals surface area contributed by atoms with Crippen LogP contribution in [0.4, 0.5) is 0 Å². The van der Waals surface area contributed by atoms with Crippen molar-refractivity contribution in [3.63, 3.8) is 0 Å². The summed E-state index contributed by atoms with van der Waals surface area (Å²) in [7, 11) is -2.03. The van der Waals surface area contributed by atoms with Crippen LogP contribution in [0.2, 0.25) is 0 Å². The highest BCUT2D eigenvalue weighted by Gasteiger charge is 2.17. The number of hydrogen-bond donors (Lipinski definition) is 1. The molecule has 0 saturated carbocycles. The van der Waals surface area contributed by atoms with Crippen molar-refractivity contribution in [2.75, 3.05) is 13.7 Å². The molecule has 2 aromatic carbocycles. The summed E-state index contributed by atoms with van der Waals surface area (Å²) < 4.78 is 38.7. The van der Waals surface area contributed by atoms with E-state index in [9.17, 15) is 8.42 Å². The van der Waals surface area contributed by atoms with E-state index >= 15 is 0 Å². The molecule has 0 aliphatic heterocycles. The van der Waals surface area contributed by atoms with Crippen LogP contribution in [0, 0.1) is 13.8 Å². The van der Waals surface area contributed by atoms with Crippen molar-refractivity contribution in [2.45, 2.75) is 38.8 Å². The SMILES string of the molecule is CCOCc1ccccc1CNS(=O)(=O)c1cc(C)c(OC)c(C)c1. The molecule has 6 heteroatoms. The van der Waals surface area contributed by atoms with Gasteiger partial charge in [-0.2, -0.15) is 0 Å². The average molecular weight is 363 g/mol. The summed E-state index contributed by atoms with van der Waals surface area (Å²) in [6.07, 6.45) is 0. The third kappa shape index (κ3) is 4.81. The normalized spacial score (nSPS) is 11.5. The van der Waals surface area contributed by atoms with E-state index in [2.05, 4.69) is 4.72 Å². The number of sulfonamides is 1. The Morgan fingerprint density at radius 2 is 1.64 bits per heavy atom. The lowest BCUT2D eigenvalue weighted by Gasteiger charge is -2.14. The van der Waals surface area contributed by atoms with Crippen LogP contribution in [0.3, 0.4) is 0 Å². The molecule has 5 nitrogen and oxygen atoms in total. The third-order valence-corrected chi connectivity index (χ3v) is 5.36. The monoisotopic (exact) mass is 363 g/mol. The molecule has 0 aliphatic rings. The van der Waals surface area contributed by atoms with Gasteiger partial charge in [-0.15, -0.1) is 0 Å². The number of benzene rings is 2. The average Bonchev–Trinajstić information content (AvgIpc) is 2.58. The number of ether oxygens (including phenoxy) is 2. The lowest BCUT2D eigenvalue weighted by molar-refractivity contribution is 0.133. The molecule has 2 aromatic rings. The Labute approximate surface area is 150 Å². The number of nitrogens with one attached hydrogen (secondary N) is 1. The summed E-state index contributed by atoms with van der Waals surface area (Å²) in [4.78, 5) is 0.241. The van der Waals surface area contributed by atoms with Crippen molar-refractivity contribution in [3.8, 4) is 5.75 Å². The van der Waals surface area contributed by atoms with Gasteiger partial charge in [0.1, 0.15) is 5.75 Å². The van der Waals surface area contributed by atoms with Crippen molar-refractivity contribution in [2.24, 2.45) is 0 Å². The second-order valence-electron chi connectivity index (χ2n) is 5.82. The van der Waals surface area contributed by atoms with Crippen LogP contribution in [0.1, 0.15) is 29.2 Å². The van der Waals surface area contributed by atoms with E-state index in [1.54, 1.807) is 19.2 Å². The highest BCUT2D eigenvalue weighted by Crippen LogP contribution is 2.26. The summed E-state index contributed by atoms with van der Waals surface area (Å²) in [6, 6.07) is 10.9. The van der Waals surface area contributed by atoms with Gasteiger partial charge < -0.3 is 9.47 Å². The quantitative estimate of drug-likeness (QED) is 0.781. The van der Waals surface area contributed by atoms with Crippen LogP contribution in [0.15, 0.2) is 41.3 Å². The second kappa shape index (κ2) is 8.47. The van der Waals surface area contributed by atoms with Crippen LogP contribution in [0.25, 0.3) is 0 Å². The van der Waals surface area contributed by atoms with Gasteiger partial charge in [-0.3, -0.25) is 0 Å².